The highest BCUT2D eigenvalue weighted by atomic mass is 127. The molecule has 0 radical (unpaired) electrons. The molecule has 1 aliphatic carbocycles. The molecular formula is C9H16IN. The zero-order valence-corrected chi connectivity index (χ0v) is 9.30. The predicted octanol–water partition coefficient (Wildman–Crippen LogP) is 2.30. The van der Waals surface area contributed by atoms with Crippen molar-refractivity contribution in [1.29, 1.82) is 0 Å². The highest BCUT2D eigenvalue weighted by molar-refractivity contribution is 14.1. The number of halogens is 1. The van der Waals surface area contributed by atoms with Gasteiger partial charge in [0.05, 0.1) is 0 Å². The first-order valence-corrected chi connectivity index (χ1v) is 5.77. The van der Waals surface area contributed by atoms with Gasteiger partial charge in [-0.25, -0.2) is 0 Å². The Morgan fingerprint density at radius 1 is 1.45 bits per heavy atom. The molecule has 1 nitrogen and oxygen atoms in total. The second kappa shape index (κ2) is 2.87. The molecule has 2 aliphatic rings. The monoisotopic (exact) mass is 265 g/mol. The van der Waals surface area contributed by atoms with Gasteiger partial charge in [-0.2, -0.15) is 0 Å². The van der Waals surface area contributed by atoms with Gasteiger partial charge in [0.2, 0.25) is 0 Å². The number of nitrogens with zero attached hydrogens (tertiary/aromatic N) is 1. The molecule has 2 fully saturated rings. The highest BCUT2D eigenvalue weighted by Gasteiger charge is 2.43. The molecule has 1 saturated heterocycles. The van der Waals surface area contributed by atoms with E-state index in [4.69, 9.17) is 0 Å². The molecule has 11 heavy (non-hydrogen) atoms. The second-order valence-corrected chi connectivity index (χ2v) is 6.13. The summed E-state index contributed by atoms with van der Waals surface area (Å²) in [6.45, 7) is 2.74. The van der Waals surface area contributed by atoms with Crippen LogP contribution in [0.15, 0.2) is 0 Å². The number of hydrogen-bond donors (Lipinski definition) is 0. The summed E-state index contributed by atoms with van der Waals surface area (Å²) in [7, 11) is 2.24. The molecule has 2 heteroatoms. The molecule has 1 aliphatic heterocycles. The molecule has 1 spiro atoms. The van der Waals surface area contributed by atoms with Gasteiger partial charge in [-0.05, 0) is 31.7 Å². The maximum Gasteiger partial charge on any atom is 0.0116 e. The lowest BCUT2D eigenvalue weighted by Crippen LogP contribution is -2.56. The first kappa shape index (κ1) is 8.30. The quantitative estimate of drug-likeness (QED) is 0.480. The zero-order valence-electron chi connectivity index (χ0n) is 7.15. The average molecular weight is 265 g/mol. The number of likely N-dealkylation sites (tertiary alicyclic amines) is 1. The average Bonchev–Trinajstić information content (AvgIpc) is 1.84. The molecule has 1 unspecified atom stereocenters. The maximum absolute atomic E-state index is 2.63. The van der Waals surface area contributed by atoms with Crippen molar-refractivity contribution in [3.05, 3.63) is 0 Å². The van der Waals surface area contributed by atoms with Crippen molar-refractivity contribution in [2.24, 2.45) is 5.41 Å². The van der Waals surface area contributed by atoms with Gasteiger partial charge in [-0.3, -0.25) is 0 Å². The molecule has 0 aromatic heterocycles. The van der Waals surface area contributed by atoms with E-state index >= 15 is 0 Å². The van der Waals surface area contributed by atoms with Crippen LogP contribution in [0, 0.1) is 5.41 Å². The summed E-state index contributed by atoms with van der Waals surface area (Å²) in [6.07, 6.45) is 5.92. The summed E-state index contributed by atoms with van der Waals surface area (Å²) in [4.78, 5) is 2.45. The van der Waals surface area contributed by atoms with Gasteiger partial charge in [-0.15, -0.1) is 0 Å². The molecule has 0 N–H and O–H groups in total. The van der Waals surface area contributed by atoms with Gasteiger partial charge < -0.3 is 4.90 Å². The van der Waals surface area contributed by atoms with Crippen LogP contribution in [-0.4, -0.2) is 29.0 Å². The Balaban J connectivity index is 1.93. The van der Waals surface area contributed by atoms with Crippen LogP contribution in [0.4, 0.5) is 0 Å². The van der Waals surface area contributed by atoms with Crippen molar-refractivity contribution in [1.82, 2.24) is 4.90 Å². The summed E-state index contributed by atoms with van der Waals surface area (Å²) in [6, 6.07) is 0. The molecule has 1 saturated carbocycles. The molecule has 0 aromatic rings. The minimum Gasteiger partial charge on any atom is -0.305 e. The van der Waals surface area contributed by atoms with Crippen LogP contribution in [0.2, 0.25) is 0 Å². The van der Waals surface area contributed by atoms with Crippen molar-refractivity contribution < 1.29 is 0 Å². The van der Waals surface area contributed by atoms with Crippen molar-refractivity contribution in [2.45, 2.75) is 29.6 Å². The molecule has 0 aromatic carbocycles. The topological polar surface area (TPSA) is 3.24 Å². The Kier molecular flexibility index (Phi) is 2.17. The third-order valence-electron chi connectivity index (χ3n) is 3.09. The van der Waals surface area contributed by atoms with Gasteiger partial charge >= 0.3 is 0 Å². The Bertz CT molecular complexity index is 146. The van der Waals surface area contributed by atoms with E-state index in [0.29, 0.717) is 0 Å². The second-order valence-electron chi connectivity index (χ2n) is 4.37. The standard InChI is InChI=1S/C9H16IN/c1-11-6-9(7-11)4-2-3-8(10)5-9/h8H,2-7H2,1H3. The van der Waals surface area contributed by atoms with E-state index in [0.717, 1.165) is 9.34 Å². The first-order chi connectivity index (χ1) is 5.20. The number of rotatable bonds is 0. The zero-order chi connectivity index (χ0) is 7.90. The minimum atomic E-state index is 0.763. The van der Waals surface area contributed by atoms with Crippen LogP contribution in [0.1, 0.15) is 25.7 Å². The van der Waals surface area contributed by atoms with Crippen molar-refractivity contribution in [2.75, 3.05) is 20.1 Å². The van der Waals surface area contributed by atoms with E-state index in [1.54, 1.807) is 0 Å². The Hall–Kier alpha value is 0.690. The molecule has 1 atom stereocenters. The molecule has 0 bridgehead atoms. The number of alkyl halides is 1. The normalized spacial score (nSPS) is 37.1. The van der Waals surface area contributed by atoms with Crippen LogP contribution >= 0.6 is 22.6 Å². The summed E-state index contributed by atoms with van der Waals surface area (Å²) >= 11 is 2.63. The van der Waals surface area contributed by atoms with E-state index in [-0.39, 0.29) is 0 Å². The van der Waals surface area contributed by atoms with Crippen molar-refractivity contribution in [3.8, 4) is 0 Å². The molecular weight excluding hydrogens is 249 g/mol. The van der Waals surface area contributed by atoms with Gasteiger partial charge in [0.1, 0.15) is 0 Å². The lowest BCUT2D eigenvalue weighted by Gasteiger charge is -2.52. The smallest absolute Gasteiger partial charge is 0.0116 e. The van der Waals surface area contributed by atoms with Crippen LogP contribution in [0.5, 0.6) is 0 Å². The van der Waals surface area contributed by atoms with Gasteiger partial charge in [0.25, 0.3) is 0 Å². The molecule has 1 heterocycles. The Morgan fingerprint density at radius 3 is 2.73 bits per heavy atom. The van der Waals surface area contributed by atoms with Crippen LogP contribution in [0.25, 0.3) is 0 Å². The third kappa shape index (κ3) is 1.57. The largest absolute Gasteiger partial charge is 0.305 e. The first-order valence-electron chi connectivity index (χ1n) is 4.53. The minimum absolute atomic E-state index is 0.763. The van der Waals surface area contributed by atoms with E-state index in [9.17, 15) is 0 Å². The van der Waals surface area contributed by atoms with Crippen molar-refractivity contribution >= 4 is 22.6 Å². The number of hydrogen-bond acceptors (Lipinski definition) is 1. The van der Waals surface area contributed by atoms with E-state index in [2.05, 4.69) is 34.5 Å². The molecule has 0 amide bonds. The Morgan fingerprint density at radius 2 is 2.18 bits per heavy atom. The third-order valence-corrected chi connectivity index (χ3v) is 4.15. The maximum atomic E-state index is 2.63. The lowest BCUT2D eigenvalue weighted by molar-refractivity contribution is -0.00594. The summed E-state index contributed by atoms with van der Waals surface area (Å²) < 4.78 is 0.968. The van der Waals surface area contributed by atoms with E-state index in [1.807, 2.05) is 0 Å². The SMILES string of the molecule is CN1CC2(CCCC(I)C2)C1. The fourth-order valence-electron chi connectivity index (χ4n) is 2.76. The molecule has 2 rings (SSSR count). The van der Waals surface area contributed by atoms with Crippen LogP contribution in [-0.2, 0) is 0 Å². The lowest BCUT2D eigenvalue weighted by atomic mass is 9.69. The molecule has 64 valence electrons. The fraction of sp³-hybridized carbons (Fsp3) is 1.00. The predicted molar refractivity (Wildman–Crippen MR) is 56.2 cm³/mol. The van der Waals surface area contributed by atoms with Gasteiger partial charge in [0, 0.05) is 17.0 Å². The summed E-state index contributed by atoms with van der Waals surface area (Å²) in [5.74, 6) is 0. The van der Waals surface area contributed by atoms with Crippen LogP contribution in [0.3, 0.4) is 0 Å². The summed E-state index contributed by atoms with van der Waals surface area (Å²) in [5.41, 5.74) is 0.763. The van der Waals surface area contributed by atoms with E-state index < -0.39 is 0 Å². The van der Waals surface area contributed by atoms with E-state index in [1.165, 1.54) is 38.8 Å². The van der Waals surface area contributed by atoms with Gasteiger partial charge in [-0.1, -0.05) is 29.0 Å². The van der Waals surface area contributed by atoms with Crippen molar-refractivity contribution in [3.63, 3.8) is 0 Å². The van der Waals surface area contributed by atoms with Gasteiger partial charge in [0.15, 0.2) is 0 Å². The fourth-order valence-corrected chi connectivity index (χ4v) is 4.13. The highest BCUT2D eigenvalue weighted by Crippen LogP contribution is 2.45. The Labute approximate surface area is 82.7 Å². The summed E-state index contributed by atoms with van der Waals surface area (Å²) in [5, 5.41) is 0. The van der Waals surface area contributed by atoms with Crippen LogP contribution < -0.4 is 0 Å².